The molecule has 0 bridgehead atoms. The highest BCUT2D eigenvalue weighted by Crippen LogP contribution is 2.34. The van der Waals surface area contributed by atoms with E-state index in [0.29, 0.717) is 41.9 Å². The number of carbonyl (C=O) groups excluding carboxylic acids is 1. The fourth-order valence-electron chi connectivity index (χ4n) is 4.25. The molecule has 1 fully saturated rings. The van der Waals surface area contributed by atoms with E-state index in [4.69, 9.17) is 11.6 Å². The Balaban J connectivity index is 1.36. The van der Waals surface area contributed by atoms with E-state index < -0.39 is 0 Å². The second kappa shape index (κ2) is 9.25. The Morgan fingerprint density at radius 1 is 0.939 bits per heavy atom. The number of amides is 1. The Morgan fingerprint density at radius 3 is 2.48 bits per heavy atom. The Bertz CT molecular complexity index is 1240. The van der Waals surface area contributed by atoms with E-state index in [1.165, 1.54) is 6.07 Å². The van der Waals surface area contributed by atoms with Gasteiger partial charge in [-0.1, -0.05) is 45.7 Å². The number of hydrogen-bond acceptors (Lipinski definition) is 4. The fourth-order valence-corrected chi connectivity index (χ4v) is 4.79. The molecule has 0 aromatic heterocycles. The van der Waals surface area contributed by atoms with E-state index in [-0.39, 0.29) is 11.7 Å². The quantitative estimate of drug-likeness (QED) is 0.451. The third kappa shape index (κ3) is 4.53. The molecular weight excluding hydrogens is 507 g/mol. The molecule has 0 spiro atoms. The Morgan fingerprint density at radius 2 is 1.73 bits per heavy atom. The van der Waals surface area contributed by atoms with Gasteiger partial charge in [0, 0.05) is 41.2 Å². The van der Waals surface area contributed by atoms with E-state index in [1.807, 2.05) is 42.5 Å². The Kier molecular flexibility index (Phi) is 6.19. The average molecular weight is 528 g/mol. The number of hydrogen-bond donors (Lipinski definition) is 0. The molecule has 3 aromatic rings. The molecule has 168 valence electrons. The van der Waals surface area contributed by atoms with Crippen molar-refractivity contribution in [3.63, 3.8) is 0 Å². The second-order valence-electron chi connectivity index (χ2n) is 8.03. The third-order valence-corrected chi connectivity index (χ3v) is 6.64. The van der Waals surface area contributed by atoms with Crippen LogP contribution in [0.2, 0.25) is 5.02 Å². The highest BCUT2D eigenvalue weighted by atomic mass is 79.9. The van der Waals surface area contributed by atoms with E-state index in [0.717, 1.165) is 28.8 Å². The summed E-state index contributed by atoms with van der Waals surface area (Å²) in [5.41, 5.74) is 3.29. The van der Waals surface area contributed by atoms with Gasteiger partial charge in [0.15, 0.2) is 0 Å². The molecule has 0 saturated carbocycles. The summed E-state index contributed by atoms with van der Waals surface area (Å²) in [6.45, 7) is 3.29. The lowest BCUT2D eigenvalue weighted by molar-refractivity contribution is -0.112. The number of para-hydroxylation sites is 1. The molecule has 3 aromatic carbocycles. The first-order valence-corrected chi connectivity index (χ1v) is 11.8. The van der Waals surface area contributed by atoms with Crippen LogP contribution in [0.4, 0.5) is 21.5 Å². The van der Waals surface area contributed by atoms with Gasteiger partial charge in [-0.05, 0) is 48.5 Å². The minimum absolute atomic E-state index is 0.139. The van der Waals surface area contributed by atoms with E-state index in [2.05, 4.69) is 30.7 Å². The van der Waals surface area contributed by atoms with Gasteiger partial charge in [-0.15, -0.1) is 0 Å². The fraction of sp³-hybridized carbons (Fsp3) is 0.200. The number of rotatable bonds is 4. The van der Waals surface area contributed by atoms with Gasteiger partial charge in [0.25, 0.3) is 5.91 Å². The van der Waals surface area contributed by atoms with Crippen LogP contribution in [0.3, 0.4) is 0 Å². The maximum absolute atomic E-state index is 14.2. The number of piperazine rings is 1. The first kappa shape index (κ1) is 22.1. The summed E-state index contributed by atoms with van der Waals surface area (Å²) in [4.78, 5) is 24.1. The zero-order valence-corrected chi connectivity index (χ0v) is 20.1. The molecule has 0 aliphatic carbocycles. The highest BCUT2D eigenvalue weighted by molar-refractivity contribution is 9.10. The Labute approximate surface area is 205 Å². The summed E-state index contributed by atoms with van der Waals surface area (Å²) in [5.74, 6) is -0.346. The van der Waals surface area contributed by atoms with Crippen LogP contribution >= 0.6 is 27.5 Å². The van der Waals surface area contributed by atoms with Gasteiger partial charge < -0.3 is 4.90 Å². The zero-order chi connectivity index (χ0) is 22.9. The highest BCUT2D eigenvalue weighted by Gasteiger charge is 2.35. The van der Waals surface area contributed by atoms with Crippen LogP contribution in [0, 0.1) is 5.82 Å². The summed E-state index contributed by atoms with van der Waals surface area (Å²) in [6, 6.07) is 19.8. The van der Waals surface area contributed by atoms with Gasteiger partial charge in [-0.25, -0.2) is 9.38 Å². The number of anilines is 2. The summed E-state index contributed by atoms with van der Waals surface area (Å²) in [5, 5.41) is 0.571. The predicted molar refractivity (Wildman–Crippen MR) is 134 cm³/mol. The SMILES string of the molecule is O=C1C(=Nc2cccc(Cl)c2)c2cc(Br)ccc2N1CN1CCN(c2ccccc2F)CC1. The standard InChI is InChI=1S/C25H21BrClFN4O/c26-17-8-9-22-20(14-17)24(29-19-5-3-4-18(27)15-19)25(33)32(22)16-30-10-12-31(13-11-30)23-7-2-1-6-21(23)28/h1-9,14-15H,10-13,16H2. The van der Waals surface area contributed by atoms with Gasteiger partial charge in [0.05, 0.1) is 23.7 Å². The van der Waals surface area contributed by atoms with Gasteiger partial charge >= 0.3 is 0 Å². The van der Waals surface area contributed by atoms with Crippen LogP contribution in [0.25, 0.3) is 0 Å². The molecule has 0 unspecified atom stereocenters. The molecule has 8 heteroatoms. The molecule has 2 aliphatic heterocycles. The van der Waals surface area contributed by atoms with Crippen LogP contribution in [-0.4, -0.2) is 49.4 Å². The van der Waals surface area contributed by atoms with Crippen molar-refractivity contribution in [2.45, 2.75) is 0 Å². The van der Waals surface area contributed by atoms with Crippen molar-refractivity contribution in [2.24, 2.45) is 4.99 Å². The van der Waals surface area contributed by atoms with Crippen molar-refractivity contribution in [1.29, 1.82) is 0 Å². The molecule has 0 atom stereocenters. The molecule has 5 nitrogen and oxygen atoms in total. The monoisotopic (exact) mass is 526 g/mol. The van der Waals surface area contributed by atoms with Crippen LogP contribution in [0.5, 0.6) is 0 Å². The van der Waals surface area contributed by atoms with Crippen LogP contribution in [0.15, 0.2) is 76.2 Å². The molecular formula is C25H21BrClFN4O. The van der Waals surface area contributed by atoms with Gasteiger partial charge in [0.2, 0.25) is 0 Å². The van der Waals surface area contributed by atoms with Crippen molar-refractivity contribution >= 4 is 56.2 Å². The number of fused-ring (bicyclic) bond motifs is 1. The average Bonchev–Trinajstić information content (AvgIpc) is 3.05. The Hall–Kier alpha value is -2.74. The first-order valence-electron chi connectivity index (χ1n) is 10.7. The topological polar surface area (TPSA) is 39.2 Å². The molecule has 33 heavy (non-hydrogen) atoms. The molecule has 5 rings (SSSR count). The van der Waals surface area contributed by atoms with Crippen molar-refractivity contribution in [1.82, 2.24) is 4.90 Å². The zero-order valence-electron chi connectivity index (χ0n) is 17.7. The molecule has 0 radical (unpaired) electrons. The number of halogens is 3. The third-order valence-electron chi connectivity index (χ3n) is 5.91. The van der Waals surface area contributed by atoms with Crippen LogP contribution < -0.4 is 9.80 Å². The number of carbonyl (C=O) groups is 1. The van der Waals surface area contributed by atoms with Crippen molar-refractivity contribution in [3.8, 4) is 0 Å². The summed E-state index contributed by atoms with van der Waals surface area (Å²) in [7, 11) is 0. The number of benzene rings is 3. The lowest BCUT2D eigenvalue weighted by Gasteiger charge is -2.37. The van der Waals surface area contributed by atoms with Gasteiger partial charge in [-0.3, -0.25) is 14.6 Å². The van der Waals surface area contributed by atoms with Crippen LogP contribution in [0.1, 0.15) is 5.56 Å². The van der Waals surface area contributed by atoms with Crippen molar-refractivity contribution in [3.05, 3.63) is 87.6 Å². The first-order chi connectivity index (χ1) is 16.0. The maximum atomic E-state index is 14.2. The molecule has 0 N–H and O–H groups in total. The van der Waals surface area contributed by atoms with Crippen molar-refractivity contribution < 1.29 is 9.18 Å². The molecule has 1 amide bonds. The van der Waals surface area contributed by atoms with E-state index in [1.54, 1.807) is 23.1 Å². The van der Waals surface area contributed by atoms with Crippen LogP contribution in [-0.2, 0) is 4.79 Å². The summed E-state index contributed by atoms with van der Waals surface area (Å²) >= 11 is 9.62. The lowest BCUT2D eigenvalue weighted by atomic mass is 10.1. The van der Waals surface area contributed by atoms with Gasteiger partial charge in [-0.2, -0.15) is 0 Å². The van der Waals surface area contributed by atoms with E-state index >= 15 is 0 Å². The molecule has 2 aliphatic rings. The van der Waals surface area contributed by atoms with E-state index in [9.17, 15) is 9.18 Å². The number of nitrogens with zero attached hydrogens (tertiary/aromatic N) is 4. The smallest absolute Gasteiger partial charge is 0.278 e. The summed E-state index contributed by atoms with van der Waals surface area (Å²) in [6.07, 6.45) is 0. The summed E-state index contributed by atoms with van der Waals surface area (Å²) < 4.78 is 15.0. The normalized spacial score (nSPS) is 17.7. The van der Waals surface area contributed by atoms with Gasteiger partial charge in [0.1, 0.15) is 11.5 Å². The minimum atomic E-state index is -0.206. The maximum Gasteiger partial charge on any atom is 0.278 e. The second-order valence-corrected chi connectivity index (χ2v) is 9.38. The largest absolute Gasteiger partial charge is 0.367 e. The van der Waals surface area contributed by atoms with Crippen molar-refractivity contribution in [2.75, 3.05) is 42.6 Å². The minimum Gasteiger partial charge on any atom is -0.367 e. The number of aliphatic imine (C=N–C) groups is 1. The molecule has 1 saturated heterocycles. The predicted octanol–water partition coefficient (Wildman–Crippen LogP) is 5.49. The lowest BCUT2D eigenvalue weighted by Crippen LogP contribution is -2.51. The molecule has 2 heterocycles.